The Hall–Kier alpha value is 0.0849. The summed E-state index contributed by atoms with van der Waals surface area (Å²) in [5.74, 6) is 0. The number of phosphoric acid groups is 2. The average Bonchev–Trinajstić information content (AvgIpc) is 2.91. The molecular formula is C16H34BNO12P2. The van der Waals surface area contributed by atoms with Crippen molar-refractivity contribution in [1.82, 2.24) is 0 Å². The lowest BCUT2D eigenvalue weighted by atomic mass is 9.93. The summed E-state index contributed by atoms with van der Waals surface area (Å²) in [6.07, 6.45) is -4.70. The molecule has 0 amide bonds. The highest BCUT2D eigenvalue weighted by Gasteiger charge is 2.48. The zero-order chi connectivity index (χ0) is 24.4. The van der Waals surface area contributed by atoms with Crippen LogP contribution in [0.15, 0.2) is 0 Å². The molecule has 6 atom stereocenters. The first kappa shape index (κ1) is 30.1. The summed E-state index contributed by atoms with van der Waals surface area (Å²) >= 11 is 0. The quantitative estimate of drug-likeness (QED) is 0.109. The van der Waals surface area contributed by atoms with E-state index in [4.69, 9.17) is 50.6 Å². The highest BCUT2D eigenvalue weighted by Crippen LogP contribution is 2.50. The van der Waals surface area contributed by atoms with Gasteiger partial charge in [0.1, 0.15) is 33.0 Å². The van der Waals surface area contributed by atoms with Crippen LogP contribution in [-0.2, 0) is 46.2 Å². The molecule has 0 spiro atoms. The Morgan fingerprint density at radius 3 is 2.16 bits per heavy atom. The second kappa shape index (κ2) is 14.5. The van der Waals surface area contributed by atoms with E-state index in [1.807, 2.05) is 0 Å². The fraction of sp³-hybridized carbons (Fsp3) is 1.00. The summed E-state index contributed by atoms with van der Waals surface area (Å²) in [5, 5.41) is 0. The van der Waals surface area contributed by atoms with E-state index in [0.717, 1.165) is 0 Å². The Morgan fingerprint density at radius 2 is 1.56 bits per heavy atom. The molecule has 0 aliphatic carbocycles. The minimum Gasteiger partial charge on any atom is -0.378 e. The number of hydrogen-bond donors (Lipinski definition) is 3. The SMILES string of the molecule is [B][C@@H]1O[C@H](COP(=O)(O)OC(C)C)C(OP(=O)(O)OC(C)C)[C@@H]1OCOCCOCCN. The minimum absolute atomic E-state index is 0.204. The highest BCUT2D eigenvalue weighted by molar-refractivity contribution is 7.47. The molecular weight excluding hydrogens is 471 g/mol. The molecule has 1 saturated heterocycles. The smallest absolute Gasteiger partial charge is 0.378 e. The van der Waals surface area contributed by atoms with Crippen LogP contribution in [0.4, 0.5) is 0 Å². The molecule has 1 aliphatic rings. The topological polar surface area (TPSA) is 174 Å². The highest BCUT2D eigenvalue weighted by atomic mass is 31.2. The van der Waals surface area contributed by atoms with Crippen molar-refractivity contribution in [2.24, 2.45) is 5.73 Å². The van der Waals surface area contributed by atoms with Crippen LogP contribution in [0, 0.1) is 0 Å². The third-order valence-electron chi connectivity index (χ3n) is 3.67. The summed E-state index contributed by atoms with van der Waals surface area (Å²) in [7, 11) is -3.03. The Morgan fingerprint density at radius 1 is 0.969 bits per heavy atom. The first-order valence-corrected chi connectivity index (χ1v) is 13.1. The van der Waals surface area contributed by atoms with Crippen LogP contribution in [0.25, 0.3) is 0 Å². The van der Waals surface area contributed by atoms with Gasteiger partial charge in [-0.1, -0.05) is 0 Å². The summed E-state index contributed by atoms with van der Waals surface area (Å²) in [4.78, 5) is 19.8. The lowest BCUT2D eigenvalue weighted by Gasteiger charge is -2.26. The van der Waals surface area contributed by atoms with Crippen LogP contribution < -0.4 is 5.73 Å². The van der Waals surface area contributed by atoms with E-state index in [1.165, 1.54) is 0 Å². The maximum absolute atomic E-state index is 12.3. The van der Waals surface area contributed by atoms with E-state index >= 15 is 0 Å². The van der Waals surface area contributed by atoms with E-state index in [1.54, 1.807) is 27.7 Å². The van der Waals surface area contributed by atoms with Crippen molar-refractivity contribution in [1.29, 1.82) is 0 Å². The van der Waals surface area contributed by atoms with Gasteiger partial charge in [0.25, 0.3) is 0 Å². The Kier molecular flexibility index (Phi) is 13.6. The molecule has 1 heterocycles. The number of phosphoric ester groups is 2. The Labute approximate surface area is 189 Å². The molecule has 188 valence electrons. The monoisotopic (exact) mass is 505 g/mol. The van der Waals surface area contributed by atoms with Crippen LogP contribution in [0.1, 0.15) is 27.7 Å². The lowest BCUT2D eigenvalue weighted by Crippen LogP contribution is -2.39. The fourth-order valence-corrected chi connectivity index (χ4v) is 4.68. The van der Waals surface area contributed by atoms with Crippen LogP contribution in [0.5, 0.6) is 0 Å². The number of ether oxygens (including phenoxy) is 4. The summed E-state index contributed by atoms with van der Waals surface area (Å²) in [6, 6.07) is -1.12. The van der Waals surface area contributed by atoms with Crippen molar-refractivity contribution in [2.75, 3.05) is 39.8 Å². The predicted molar refractivity (Wildman–Crippen MR) is 113 cm³/mol. The van der Waals surface area contributed by atoms with Crippen molar-refractivity contribution in [3.63, 3.8) is 0 Å². The second-order valence-electron chi connectivity index (χ2n) is 7.31. The fourth-order valence-electron chi connectivity index (χ4n) is 2.61. The number of rotatable bonds is 17. The molecule has 2 radical (unpaired) electrons. The van der Waals surface area contributed by atoms with E-state index in [9.17, 15) is 18.9 Å². The molecule has 1 fully saturated rings. The number of nitrogens with two attached hydrogens (primary N) is 1. The van der Waals surface area contributed by atoms with Gasteiger partial charge in [-0.3, -0.25) is 18.1 Å². The molecule has 0 saturated carbocycles. The third-order valence-corrected chi connectivity index (χ3v) is 6.03. The molecule has 16 heteroatoms. The Bertz CT molecular complexity index is 628. The van der Waals surface area contributed by atoms with E-state index in [2.05, 4.69) is 0 Å². The lowest BCUT2D eigenvalue weighted by molar-refractivity contribution is -0.123. The largest absolute Gasteiger partial charge is 0.472 e. The van der Waals surface area contributed by atoms with Crippen molar-refractivity contribution in [3.05, 3.63) is 0 Å². The van der Waals surface area contributed by atoms with Crippen LogP contribution in [0.3, 0.4) is 0 Å². The van der Waals surface area contributed by atoms with Gasteiger partial charge in [-0.2, -0.15) is 0 Å². The zero-order valence-electron chi connectivity index (χ0n) is 18.7. The maximum atomic E-state index is 12.3. The van der Waals surface area contributed by atoms with Crippen molar-refractivity contribution >= 4 is 23.5 Å². The van der Waals surface area contributed by atoms with Crippen molar-refractivity contribution in [3.8, 4) is 0 Å². The molecule has 0 aromatic carbocycles. The van der Waals surface area contributed by atoms with E-state index in [0.29, 0.717) is 19.8 Å². The second-order valence-corrected chi connectivity index (χ2v) is 10.1. The van der Waals surface area contributed by atoms with Crippen LogP contribution in [0.2, 0.25) is 0 Å². The third kappa shape index (κ3) is 12.0. The molecule has 32 heavy (non-hydrogen) atoms. The van der Waals surface area contributed by atoms with Gasteiger partial charge in [-0.25, -0.2) is 9.13 Å². The normalized spacial score (nSPS) is 27.7. The molecule has 4 N–H and O–H groups in total. The molecule has 0 aromatic rings. The Balaban J connectivity index is 2.78. The minimum atomic E-state index is -4.55. The van der Waals surface area contributed by atoms with Crippen LogP contribution >= 0.6 is 15.6 Å². The first-order valence-electron chi connectivity index (χ1n) is 10.1. The maximum Gasteiger partial charge on any atom is 0.472 e. The first-order chi connectivity index (χ1) is 14.9. The van der Waals surface area contributed by atoms with Gasteiger partial charge in [-0.05, 0) is 27.7 Å². The average molecular weight is 505 g/mol. The van der Waals surface area contributed by atoms with Gasteiger partial charge < -0.3 is 34.5 Å². The van der Waals surface area contributed by atoms with Gasteiger partial charge in [0, 0.05) is 12.5 Å². The summed E-state index contributed by atoms with van der Waals surface area (Å²) in [5.41, 5.74) is 5.31. The molecule has 1 aliphatic heterocycles. The van der Waals surface area contributed by atoms with Gasteiger partial charge in [0.05, 0.1) is 38.6 Å². The summed E-state index contributed by atoms with van der Waals surface area (Å²) in [6.45, 7) is 6.68. The molecule has 1 rings (SSSR count). The standard InChI is InChI=1S/C16H34BNO12P2/c1-11(2)28-31(19,20)26-9-13-14(30-32(21,22)29-12(3)4)15(16(17)27-13)25-10-24-8-7-23-6-5-18/h11-16H,5-10,18H2,1-4H3,(H,19,20)(H,21,22)/t13-,14?,15+,16-/m1/s1. The molecule has 0 bridgehead atoms. The molecule has 3 unspecified atom stereocenters. The van der Waals surface area contributed by atoms with E-state index < -0.39 is 58.8 Å². The van der Waals surface area contributed by atoms with Gasteiger partial charge >= 0.3 is 15.6 Å². The van der Waals surface area contributed by atoms with Crippen LogP contribution in [-0.4, -0.2) is 93.9 Å². The van der Waals surface area contributed by atoms with Crippen molar-refractivity contribution in [2.45, 2.75) is 64.2 Å². The van der Waals surface area contributed by atoms with Gasteiger partial charge in [0.15, 0.2) is 0 Å². The predicted octanol–water partition coefficient (Wildman–Crippen LogP) is 0.667. The summed E-state index contributed by atoms with van der Waals surface area (Å²) < 4.78 is 65.7. The van der Waals surface area contributed by atoms with E-state index in [-0.39, 0.29) is 13.4 Å². The molecule has 13 nitrogen and oxygen atoms in total. The van der Waals surface area contributed by atoms with Gasteiger partial charge in [0.2, 0.25) is 0 Å². The molecule has 0 aromatic heterocycles. The zero-order valence-corrected chi connectivity index (χ0v) is 20.5. The van der Waals surface area contributed by atoms with Gasteiger partial charge in [-0.15, -0.1) is 0 Å². The number of hydrogen-bond acceptors (Lipinski definition) is 11. The van der Waals surface area contributed by atoms with Crippen molar-refractivity contribution < 1.29 is 56.0 Å².